The summed E-state index contributed by atoms with van der Waals surface area (Å²) in [4.78, 5) is 15.0. The molecule has 2 aromatic heterocycles. The highest BCUT2D eigenvalue weighted by atomic mass is 35.5. The van der Waals surface area contributed by atoms with Crippen LogP contribution in [0, 0.1) is 17.0 Å². The number of ether oxygens (including phenoxy) is 1. The Kier molecular flexibility index (Phi) is 6.50. The number of rotatable bonds is 6. The summed E-state index contributed by atoms with van der Waals surface area (Å²) in [5, 5.41) is 15.8. The van der Waals surface area contributed by atoms with Crippen LogP contribution in [-0.4, -0.2) is 19.7 Å². The summed E-state index contributed by atoms with van der Waals surface area (Å²) in [5.41, 5.74) is 0.909. The van der Waals surface area contributed by atoms with Crippen LogP contribution in [0.3, 0.4) is 0 Å². The summed E-state index contributed by atoms with van der Waals surface area (Å²) < 4.78 is 49.4. The van der Waals surface area contributed by atoms with Crippen molar-refractivity contribution in [3.8, 4) is 22.7 Å². The molecule has 0 bridgehead atoms. The zero-order valence-electron chi connectivity index (χ0n) is 19.7. The van der Waals surface area contributed by atoms with Crippen LogP contribution in [0.25, 0.3) is 28.0 Å². The van der Waals surface area contributed by atoms with Crippen LogP contribution in [0.5, 0.6) is 5.75 Å². The first kappa shape index (κ1) is 25.2. The van der Waals surface area contributed by atoms with Gasteiger partial charge >= 0.3 is 6.18 Å². The fraction of sp³-hybridized carbons (Fsp3) is 0.111. The predicted molar refractivity (Wildman–Crippen MR) is 136 cm³/mol. The van der Waals surface area contributed by atoms with E-state index in [0.29, 0.717) is 28.6 Å². The molecule has 3 aromatic carbocycles. The number of hydrogen-bond acceptors (Lipinski definition) is 5. The highest BCUT2D eigenvalue weighted by Crippen LogP contribution is 2.39. The average molecular weight is 539 g/mol. The van der Waals surface area contributed by atoms with E-state index in [1.165, 1.54) is 35.9 Å². The molecule has 0 aliphatic carbocycles. The van der Waals surface area contributed by atoms with Crippen molar-refractivity contribution in [2.75, 3.05) is 0 Å². The third-order valence-corrected chi connectivity index (χ3v) is 6.14. The molecule has 0 aliphatic rings. The minimum Gasteiger partial charge on any atom is -0.489 e. The molecular formula is C27H18ClF3N4O3. The number of aryl methyl sites for hydroxylation is 1. The number of halogens is 4. The van der Waals surface area contributed by atoms with Crippen molar-refractivity contribution < 1.29 is 22.8 Å². The van der Waals surface area contributed by atoms with Gasteiger partial charge in [0.1, 0.15) is 12.4 Å². The number of hydrogen-bond donors (Lipinski definition) is 0. The fourth-order valence-corrected chi connectivity index (χ4v) is 4.15. The summed E-state index contributed by atoms with van der Waals surface area (Å²) in [6.45, 7) is 1.76. The second kappa shape index (κ2) is 9.79. The molecule has 0 saturated carbocycles. The molecule has 0 amide bonds. The van der Waals surface area contributed by atoms with Gasteiger partial charge in [0.2, 0.25) is 0 Å². The Morgan fingerprint density at radius 3 is 2.26 bits per heavy atom. The lowest BCUT2D eigenvalue weighted by Gasteiger charge is -2.12. The van der Waals surface area contributed by atoms with Gasteiger partial charge in [0.25, 0.3) is 5.69 Å². The number of nitro groups is 1. The van der Waals surface area contributed by atoms with Gasteiger partial charge in [-0.2, -0.15) is 18.3 Å². The SMILES string of the molecule is Cc1nn(-c2ccc([N+](=O)[O-])cc2)c2nc(-c3ccc(OCc4ccc(Cl)cc4)cc3)cc(C(F)(F)F)c12. The minimum atomic E-state index is -4.66. The van der Waals surface area contributed by atoms with Gasteiger partial charge in [0.05, 0.1) is 32.9 Å². The number of aromatic nitrogens is 3. The maximum absolute atomic E-state index is 14.1. The Morgan fingerprint density at radius 2 is 1.66 bits per heavy atom. The van der Waals surface area contributed by atoms with Crippen molar-refractivity contribution in [1.29, 1.82) is 0 Å². The first-order valence-corrected chi connectivity index (χ1v) is 11.7. The highest BCUT2D eigenvalue weighted by Gasteiger charge is 2.36. The molecule has 5 aromatic rings. The molecule has 11 heteroatoms. The monoisotopic (exact) mass is 538 g/mol. The van der Waals surface area contributed by atoms with Gasteiger partial charge in [-0.15, -0.1) is 0 Å². The minimum absolute atomic E-state index is 0.00996. The normalized spacial score (nSPS) is 11.6. The van der Waals surface area contributed by atoms with Crippen LogP contribution in [0.15, 0.2) is 78.9 Å². The summed E-state index contributed by atoms with van der Waals surface area (Å²) in [5.74, 6) is 0.535. The molecule has 192 valence electrons. The van der Waals surface area contributed by atoms with Crippen molar-refractivity contribution in [1.82, 2.24) is 14.8 Å². The third-order valence-electron chi connectivity index (χ3n) is 5.89. The first-order chi connectivity index (χ1) is 18.1. The number of nitrogens with zero attached hydrogens (tertiary/aromatic N) is 4. The summed E-state index contributed by atoms with van der Waals surface area (Å²) in [6, 6.07) is 20.1. The lowest BCUT2D eigenvalue weighted by Crippen LogP contribution is -2.08. The van der Waals surface area contributed by atoms with Gasteiger partial charge in [-0.1, -0.05) is 23.7 Å². The first-order valence-electron chi connectivity index (χ1n) is 11.3. The molecule has 2 heterocycles. The molecule has 0 saturated heterocycles. The third kappa shape index (κ3) is 5.03. The molecular weight excluding hydrogens is 521 g/mol. The van der Waals surface area contributed by atoms with Crippen LogP contribution >= 0.6 is 11.6 Å². The van der Waals surface area contributed by atoms with E-state index < -0.39 is 16.7 Å². The standard InChI is InChI=1S/C27H18ClF3N4O3/c1-16-25-23(27(29,30)31)14-24(32-26(25)34(33-16)20-8-10-21(11-9-20)35(36)37)18-4-12-22(13-5-18)38-15-17-2-6-19(28)7-3-17/h2-14H,15H2,1H3. The van der Waals surface area contributed by atoms with Gasteiger partial charge in [-0.3, -0.25) is 10.1 Å². The molecule has 5 rings (SSSR count). The van der Waals surface area contributed by atoms with E-state index in [1.807, 2.05) is 12.1 Å². The van der Waals surface area contributed by atoms with Crippen molar-refractivity contribution in [2.24, 2.45) is 0 Å². The zero-order valence-corrected chi connectivity index (χ0v) is 20.5. The van der Waals surface area contributed by atoms with Crippen molar-refractivity contribution in [3.63, 3.8) is 0 Å². The maximum Gasteiger partial charge on any atom is 0.417 e. The molecule has 0 fully saturated rings. The molecule has 0 unspecified atom stereocenters. The van der Waals surface area contributed by atoms with Gasteiger partial charge in [-0.05, 0) is 67.1 Å². The topological polar surface area (TPSA) is 83.1 Å². The highest BCUT2D eigenvalue weighted by molar-refractivity contribution is 6.30. The van der Waals surface area contributed by atoms with Crippen LogP contribution in [0.2, 0.25) is 5.02 Å². The van der Waals surface area contributed by atoms with Gasteiger partial charge < -0.3 is 4.74 Å². The van der Waals surface area contributed by atoms with Crippen molar-refractivity contribution in [3.05, 3.63) is 111 Å². The molecule has 7 nitrogen and oxygen atoms in total. The van der Waals surface area contributed by atoms with Crippen LogP contribution in [-0.2, 0) is 12.8 Å². The zero-order chi connectivity index (χ0) is 27.0. The Morgan fingerprint density at radius 1 is 1.00 bits per heavy atom. The molecule has 0 N–H and O–H groups in total. The number of non-ortho nitro benzene ring substituents is 1. The molecule has 0 aliphatic heterocycles. The molecule has 0 radical (unpaired) electrons. The molecule has 38 heavy (non-hydrogen) atoms. The smallest absolute Gasteiger partial charge is 0.417 e. The van der Waals surface area contributed by atoms with E-state index in [4.69, 9.17) is 16.3 Å². The van der Waals surface area contributed by atoms with Gasteiger partial charge in [-0.25, -0.2) is 9.67 Å². The summed E-state index contributed by atoms with van der Waals surface area (Å²) in [6.07, 6.45) is -4.66. The largest absolute Gasteiger partial charge is 0.489 e. The number of fused-ring (bicyclic) bond motifs is 1. The quantitative estimate of drug-likeness (QED) is 0.164. The maximum atomic E-state index is 14.1. The molecule has 0 spiro atoms. The Labute approximate surface area is 219 Å². The van der Waals surface area contributed by atoms with Gasteiger partial charge in [0, 0.05) is 22.7 Å². The van der Waals surface area contributed by atoms with Crippen molar-refractivity contribution >= 4 is 28.3 Å². The Balaban J connectivity index is 1.53. The predicted octanol–water partition coefficient (Wildman–Crippen LogP) is 7.56. The van der Waals surface area contributed by atoms with E-state index in [0.717, 1.165) is 11.6 Å². The van der Waals surface area contributed by atoms with Crippen LogP contribution in [0.4, 0.5) is 18.9 Å². The van der Waals surface area contributed by atoms with E-state index in [2.05, 4.69) is 10.1 Å². The second-order valence-electron chi connectivity index (χ2n) is 8.46. The van der Waals surface area contributed by atoms with Crippen molar-refractivity contribution in [2.45, 2.75) is 19.7 Å². The Hall–Kier alpha value is -4.44. The Bertz CT molecular complexity index is 1630. The summed E-state index contributed by atoms with van der Waals surface area (Å²) in [7, 11) is 0. The van der Waals surface area contributed by atoms with Gasteiger partial charge in [0.15, 0.2) is 5.65 Å². The van der Waals surface area contributed by atoms with E-state index in [1.54, 1.807) is 36.4 Å². The van der Waals surface area contributed by atoms with E-state index in [-0.39, 0.29) is 28.1 Å². The number of nitro benzene ring substituents is 1. The van der Waals surface area contributed by atoms with Crippen LogP contribution < -0.4 is 4.74 Å². The fourth-order valence-electron chi connectivity index (χ4n) is 4.03. The lowest BCUT2D eigenvalue weighted by molar-refractivity contribution is -0.384. The summed E-state index contributed by atoms with van der Waals surface area (Å²) >= 11 is 5.90. The average Bonchev–Trinajstić information content (AvgIpc) is 3.24. The number of pyridine rings is 1. The molecule has 0 atom stereocenters. The van der Waals surface area contributed by atoms with E-state index >= 15 is 0 Å². The van der Waals surface area contributed by atoms with E-state index in [9.17, 15) is 23.3 Å². The number of alkyl halides is 3. The van der Waals surface area contributed by atoms with Crippen LogP contribution in [0.1, 0.15) is 16.8 Å². The lowest BCUT2D eigenvalue weighted by atomic mass is 10.0. The second-order valence-corrected chi connectivity index (χ2v) is 8.90. The number of benzene rings is 3.